The Morgan fingerprint density at radius 2 is 2.07 bits per heavy atom. The van der Waals surface area contributed by atoms with Gasteiger partial charge in [0.1, 0.15) is 0 Å². The Kier molecular flexibility index (Phi) is 4.82. The van der Waals surface area contributed by atoms with Gasteiger partial charge >= 0.3 is 6.18 Å². The maximum atomic E-state index is 11.8. The number of ether oxygens (including phenoxy) is 1. The fourth-order valence-electron chi connectivity index (χ4n) is 1.64. The number of halogens is 3. The molecular formula is C9H17F3N2O. The zero-order valence-electron chi connectivity index (χ0n) is 8.73. The average molecular weight is 226 g/mol. The van der Waals surface area contributed by atoms with Crippen LogP contribution in [0.15, 0.2) is 0 Å². The van der Waals surface area contributed by atoms with Gasteiger partial charge in [0.15, 0.2) is 0 Å². The third-order valence-electron chi connectivity index (χ3n) is 2.56. The molecule has 6 heteroatoms. The lowest BCUT2D eigenvalue weighted by molar-refractivity contribution is -0.133. The second-order valence-corrected chi connectivity index (χ2v) is 3.76. The van der Waals surface area contributed by atoms with Crippen LogP contribution in [0.1, 0.15) is 6.42 Å². The summed E-state index contributed by atoms with van der Waals surface area (Å²) in [4.78, 5) is 0. The number of hydrogen-bond acceptors (Lipinski definition) is 3. The lowest BCUT2D eigenvalue weighted by Gasteiger charge is -2.17. The number of rotatable bonds is 5. The molecule has 0 bridgehead atoms. The van der Waals surface area contributed by atoms with Crippen LogP contribution in [-0.2, 0) is 4.74 Å². The molecule has 0 radical (unpaired) electrons. The van der Waals surface area contributed by atoms with Gasteiger partial charge in [0, 0.05) is 25.0 Å². The smallest absolute Gasteiger partial charge is 0.379 e. The molecule has 0 spiro atoms. The molecule has 0 amide bonds. The number of alkyl halides is 3. The molecule has 1 saturated heterocycles. The summed E-state index contributed by atoms with van der Waals surface area (Å²) in [5, 5.41) is 5.89. The Bertz CT molecular complexity index is 187. The maximum Gasteiger partial charge on any atom is 0.390 e. The van der Waals surface area contributed by atoms with E-state index in [0.29, 0.717) is 19.8 Å². The van der Waals surface area contributed by atoms with E-state index in [1.54, 1.807) is 0 Å². The molecule has 1 heterocycles. The quantitative estimate of drug-likeness (QED) is 0.679. The summed E-state index contributed by atoms with van der Waals surface area (Å²) < 4.78 is 40.7. The molecule has 2 atom stereocenters. The summed E-state index contributed by atoms with van der Waals surface area (Å²) in [6.45, 7) is 1.81. The number of likely N-dealkylation sites (N-methyl/N-ethyl adjacent to an activating group) is 1. The molecule has 0 aliphatic carbocycles. The lowest BCUT2D eigenvalue weighted by Crippen LogP contribution is -2.39. The van der Waals surface area contributed by atoms with Crippen molar-refractivity contribution in [2.24, 2.45) is 5.92 Å². The van der Waals surface area contributed by atoms with Crippen LogP contribution in [0.3, 0.4) is 0 Å². The zero-order chi connectivity index (χ0) is 11.3. The molecule has 2 unspecified atom stereocenters. The van der Waals surface area contributed by atoms with Crippen molar-refractivity contribution >= 4 is 0 Å². The van der Waals surface area contributed by atoms with Crippen molar-refractivity contribution in [2.75, 3.05) is 33.4 Å². The maximum absolute atomic E-state index is 11.8. The SMILES string of the molecule is CNC1COCC1CNCCC(F)(F)F. The molecule has 15 heavy (non-hydrogen) atoms. The van der Waals surface area contributed by atoms with Crippen LogP contribution in [0, 0.1) is 5.92 Å². The molecule has 1 aliphatic heterocycles. The van der Waals surface area contributed by atoms with Gasteiger partial charge in [-0.25, -0.2) is 0 Å². The second-order valence-electron chi connectivity index (χ2n) is 3.76. The van der Waals surface area contributed by atoms with E-state index in [1.807, 2.05) is 7.05 Å². The van der Waals surface area contributed by atoms with Gasteiger partial charge in [0.2, 0.25) is 0 Å². The first kappa shape index (κ1) is 12.7. The fraction of sp³-hybridized carbons (Fsp3) is 1.00. The van der Waals surface area contributed by atoms with Crippen molar-refractivity contribution in [3.05, 3.63) is 0 Å². The molecule has 90 valence electrons. The van der Waals surface area contributed by atoms with E-state index >= 15 is 0 Å². The van der Waals surface area contributed by atoms with Gasteiger partial charge < -0.3 is 15.4 Å². The Labute approximate surface area is 87.4 Å². The normalized spacial score (nSPS) is 27.2. The Morgan fingerprint density at radius 3 is 2.67 bits per heavy atom. The highest BCUT2D eigenvalue weighted by molar-refractivity contribution is 4.81. The lowest BCUT2D eigenvalue weighted by atomic mass is 10.0. The van der Waals surface area contributed by atoms with Crippen molar-refractivity contribution in [1.82, 2.24) is 10.6 Å². The zero-order valence-corrected chi connectivity index (χ0v) is 8.73. The van der Waals surface area contributed by atoms with E-state index in [2.05, 4.69) is 10.6 Å². The van der Waals surface area contributed by atoms with E-state index in [4.69, 9.17) is 4.74 Å². The van der Waals surface area contributed by atoms with E-state index in [1.165, 1.54) is 0 Å². The third kappa shape index (κ3) is 4.81. The minimum atomic E-state index is -4.07. The molecule has 0 aromatic rings. The molecule has 2 N–H and O–H groups in total. The topological polar surface area (TPSA) is 33.3 Å². The van der Waals surface area contributed by atoms with Gasteiger partial charge in [0.05, 0.1) is 19.6 Å². The van der Waals surface area contributed by atoms with Gasteiger partial charge in [0.25, 0.3) is 0 Å². The van der Waals surface area contributed by atoms with Crippen molar-refractivity contribution in [1.29, 1.82) is 0 Å². The van der Waals surface area contributed by atoms with Gasteiger partial charge in [-0.15, -0.1) is 0 Å². The van der Waals surface area contributed by atoms with Crippen LogP contribution in [0.5, 0.6) is 0 Å². The summed E-state index contributed by atoms with van der Waals surface area (Å²) in [5.41, 5.74) is 0. The van der Waals surface area contributed by atoms with Crippen molar-refractivity contribution in [2.45, 2.75) is 18.6 Å². The Balaban J connectivity index is 2.09. The van der Waals surface area contributed by atoms with E-state index < -0.39 is 12.6 Å². The summed E-state index contributed by atoms with van der Waals surface area (Å²) >= 11 is 0. The minimum absolute atomic E-state index is 0.0174. The van der Waals surface area contributed by atoms with Gasteiger partial charge in [-0.3, -0.25) is 0 Å². The fourth-order valence-corrected chi connectivity index (χ4v) is 1.64. The Morgan fingerprint density at radius 1 is 1.33 bits per heavy atom. The van der Waals surface area contributed by atoms with Crippen molar-refractivity contribution in [3.8, 4) is 0 Å². The summed E-state index contributed by atoms with van der Waals surface area (Å²) in [6, 6.07) is 0.253. The van der Waals surface area contributed by atoms with Gasteiger partial charge in [-0.1, -0.05) is 0 Å². The highest BCUT2D eigenvalue weighted by Gasteiger charge is 2.28. The third-order valence-corrected chi connectivity index (χ3v) is 2.56. The first-order chi connectivity index (χ1) is 7.03. The molecule has 1 rings (SSSR count). The van der Waals surface area contributed by atoms with Crippen molar-refractivity contribution < 1.29 is 17.9 Å². The van der Waals surface area contributed by atoms with E-state index in [0.717, 1.165) is 0 Å². The van der Waals surface area contributed by atoms with Gasteiger partial charge in [-0.05, 0) is 7.05 Å². The highest BCUT2D eigenvalue weighted by atomic mass is 19.4. The van der Waals surface area contributed by atoms with Crippen LogP contribution < -0.4 is 10.6 Å². The average Bonchev–Trinajstić information content (AvgIpc) is 2.58. The molecular weight excluding hydrogens is 209 g/mol. The molecule has 0 saturated carbocycles. The molecule has 1 aliphatic rings. The molecule has 0 aromatic carbocycles. The predicted molar refractivity (Wildman–Crippen MR) is 50.7 cm³/mol. The largest absolute Gasteiger partial charge is 0.390 e. The Hall–Kier alpha value is -0.330. The summed E-state index contributed by atoms with van der Waals surface area (Å²) in [6.07, 6.45) is -4.84. The van der Waals surface area contributed by atoms with Crippen LogP contribution in [0.4, 0.5) is 13.2 Å². The first-order valence-corrected chi connectivity index (χ1v) is 5.05. The summed E-state index contributed by atoms with van der Waals surface area (Å²) in [5.74, 6) is 0.267. The van der Waals surface area contributed by atoms with Crippen LogP contribution in [-0.4, -0.2) is 45.6 Å². The van der Waals surface area contributed by atoms with Crippen LogP contribution in [0.25, 0.3) is 0 Å². The highest BCUT2D eigenvalue weighted by Crippen LogP contribution is 2.18. The number of hydrogen-bond donors (Lipinski definition) is 2. The minimum Gasteiger partial charge on any atom is -0.379 e. The first-order valence-electron chi connectivity index (χ1n) is 5.05. The van der Waals surface area contributed by atoms with Crippen LogP contribution in [0.2, 0.25) is 0 Å². The van der Waals surface area contributed by atoms with Crippen molar-refractivity contribution in [3.63, 3.8) is 0 Å². The summed E-state index contributed by atoms with van der Waals surface area (Å²) in [7, 11) is 1.84. The molecule has 0 aromatic heterocycles. The standard InChI is InChI=1S/C9H17F3N2O/c1-13-8-6-15-5-7(8)4-14-3-2-9(10,11)12/h7-8,13-14H,2-6H2,1H3. The van der Waals surface area contributed by atoms with E-state index in [9.17, 15) is 13.2 Å². The van der Waals surface area contributed by atoms with Crippen LogP contribution >= 0.6 is 0 Å². The molecule has 1 fully saturated rings. The monoisotopic (exact) mass is 226 g/mol. The predicted octanol–water partition coefficient (Wildman–Crippen LogP) is 0.763. The van der Waals surface area contributed by atoms with E-state index in [-0.39, 0.29) is 18.5 Å². The second kappa shape index (κ2) is 5.67. The number of nitrogens with one attached hydrogen (secondary N) is 2. The molecule has 3 nitrogen and oxygen atoms in total. The van der Waals surface area contributed by atoms with Gasteiger partial charge in [-0.2, -0.15) is 13.2 Å².